The van der Waals surface area contributed by atoms with Crippen molar-refractivity contribution in [2.24, 2.45) is 0 Å². The third kappa shape index (κ3) is 56.0. The molecule has 3 nitrogen and oxygen atoms in total. The van der Waals surface area contributed by atoms with Crippen molar-refractivity contribution in [1.29, 1.82) is 0 Å². The van der Waals surface area contributed by atoms with Crippen molar-refractivity contribution in [1.82, 2.24) is 0 Å². The van der Waals surface area contributed by atoms with Gasteiger partial charge in [0, 0.05) is 0 Å². The van der Waals surface area contributed by atoms with E-state index in [1.54, 1.807) is 0 Å². The average molecular weight is 191 g/mol. The summed E-state index contributed by atoms with van der Waals surface area (Å²) < 4.78 is 0. The summed E-state index contributed by atoms with van der Waals surface area (Å²) in [5, 5.41) is 21.5. The first-order valence-corrected chi connectivity index (χ1v) is 0.775. The zero-order valence-corrected chi connectivity index (χ0v) is 6.66. The Morgan fingerprint density at radius 1 is 1.00 bits per heavy atom. The fourth-order valence-corrected chi connectivity index (χ4v) is 0. The summed E-state index contributed by atoms with van der Waals surface area (Å²) in [7, 11) is -2.17. The van der Waals surface area contributed by atoms with Crippen molar-refractivity contribution >= 4 is 50.1 Å². The number of hydrogen-bond acceptors (Lipinski definition) is 3. The summed E-state index contributed by atoms with van der Waals surface area (Å²) in [6, 6.07) is 0. The minimum atomic E-state index is -2.17. The first-order valence-electron chi connectivity index (χ1n) is 0.775. The molecular weight excluding hydrogens is 184 g/mol. The quantitative estimate of drug-likeness (QED) is 0.346. The van der Waals surface area contributed by atoms with Gasteiger partial charge in [-0.3, -0.25) is 0 Å². The standard InChI is InChI=1S/BH3O3.Li.Sn.3H/c2-1(3)4;;;;;/h2-4H;;;;;. The van der Waals surface area contributed by atoms with Crippen LogP contribution in [0.25, 0.3) is 0 Å². The first kappa shape index (κ1) is 15.7. The Bertz CT molecular complexity index is 15.5. The van der Waals surface area contributed by atoms with Gasteiger partial charge in [-0.15, -0.1) is 0 Å². The molecule has 0 atom stereocenters. The summed E-state index contributed by atoms with van der Waals surface area (Å²) in [6.45, 7) is 0. The molecule has 0 aromatic carbocycles. The van der Waals surface area contributed by atoms with Gasteiger partial charge >= 0.3 is 50.1 Å². The van der Waals surface area contributed by atoms with Gasteiger partial charge in [0.25, 0.3) is 0 Å². The molecule has 0 saturated carbocycles. The van der Waals surface area contributed by atoms with Crippen LogP contribution in [0.15, 0.2) is 0 Å². The van der Waals surface area contributed by atoms with E-state index < -0.39 is 7.32 Å². The monoisotopic (exact) mass is 192 g/mol. The fourth-order valence-electron chi connectivity index (χ4n) is 0. The van der Waals surface area contributed by atoms with Crippen molar-refractivity contribution in [2.75, 3.05) is 0 Å². The fraction of sp³-hybridized carbons (Fsp3) is 0. The van der Waals surface area contributed by atoms with E-state index in [1.165, 1.54) is 0 Å². The molecule has 2 radical (unpaired) electrons. The molecule has 0 heterocycles. The van der Waals surface area contributed by atoms with Gasteiger partial charge in [0.15, 0.2) is 0 Å². The van der Waals surface area contributed by atoms with Crippen molar-refractivity contribution < 1.29 is 15.1 Å². The molecule has 0 unspecified atom stereocenters. The van der Waals surface area contributed by atoms with Gasteiger partial charge in [-0.25, -0.2) is 0 Å². The van der Waals surface area contributed by atoms with Gasteiger partial charge < -0.3 is 15.1 Å². The Morgan fingerprint density at radius 3 is 1.00 bits per heavy atom. The van der Waals surface area contributed by atoms with Crippen molar-refractivity contribution in [3.63, 3.8) is 0 Å². The van der Waals surface area contributed by atoms with Crippen molar-refractivity contribution in [3.05, 3.63) is 0 Å². The van der Waals surface area contributed by atoms with Gasteiger partial charge in [-0.2, -0.15) is 0 Å². The molecule has 0 aliphatic carbocycles. The molecule has 0 rings (SSSR count). The second-order valence-electron chi connectivity index (χ2n) is 0.346. The molecule has 32 valence electrons. The van der Waals surface area contributed by atoms with E-state index in [0.29, 0.717) is 0 Å². The van der Waals surface area contributed by atoms with E-state index in [1.807, 2.05) is 0 Å². The first-order chi connectivity index (χ1) is 1.73. The summed E-state index contributed by atoms with van der Waals surface area (Å²) in [5.74, 6) is 0. The number of rotatable bonds is 0. The maximum absolute atomic E-state index is 7.17. The second kappa shape index (κ2) is 9.60. The van der Waals surface area contributed by atoms with Crippen LogP contribution < -0.4 is 0 Å². The normalized spacial score (nSPS) is 4.50. The van der Waals surface area contributed by atoms with Crippen LogP contribution in [0.5, 0.6) is 0 Å². The number of hydrogen-bond donors (Lipinski definition) is 3. The van der Waals surface area contributed by atoms with E-state index in [0.717, 1.165) is 0 Å². The van der Waals surface area contributed by atoms with Crippen LogP contribution in [0.4, 0.5) is 0 Å². The van der Waals surface area contributed by atoms with Crippen LogP contribution in [0.1, 0.15) is 0 Å². The second-order valence-corrected chi connectivity index (χ2v) is 0.346. The predicted octanol–water partition coefficient (Wildman–Crippen LogP) is -3.62. The van der Waals surface area contributed by atoms with Crippen LogP contribution in [-0.4, -0.2) is 65.2 Å². The molecule has 0 aromatic heterocycles. The topological polar surface area (TPSA) is 60.7 Å². The zero-order chi connectivity index (χ0) is 3.58. The van der Waals surface area contributed by atoms with Gasteiger partial charge in [-0.05, 0) is 0 Å². The maximum atomic E-state index is 7.17. The van der Waals surface area contributed by atoms with Gasteiger partial charge in [0.05, 0.1) is 0 Å². The molecule has 0 fully saturated rings. The summed E-state index contributed by atoms with van der Waals surface area (Å²) in [6.07, 6.45) is 0. The van der Waals surface area contributed by atoms with E-state index in [4.69, 9.17) is 15.1 Å². The van der Waals surface area contributed by atoms with Crippen molar-refractivity contribution in [2.45, 2.75) is 0 Å². The Hall–Kier alpha value is 1.34. The van der Waals surface area contributed by atoms with Gasteiger partial charge in [-0.1, -0.05) is 0 Å². The summed E-state index contributed by atoms with van der Waals surface area (Å²) >= 11 is 0. The molecule has 0 aromatic rings. The molecule has 6 heteroatoms. The van der Waals surface area contributed by atoms with Crippen LogP contribution in [0, 0.1) is 0 Å². The Morgan fingerprint density at radius 2 is 1.00 bits per heavy atom. The minimum absolute atomic E-state index is 0. The van der Waals surface area contributed by atoms with E-state index in [2.05, 4.69) is 0 Å². The Balaban J connectivity index is -0.0000000450. The molecule has 0 saturated heterocycles. The molecule has 0 bridgehead atoms. The van der Waals surface area contributed by atoms with Crippen molar-refractivity contribution in [3.8, 4) is 0 Å². The van der Waals surface area contributed by atoms with Crippen LogP contribution in [-0.2, 0) is 0 Å². The van der Waals surface area contributed by atoms with Crippen LogP contribution in [0.3, 0.4) is 0 Å². The summed E-state index contributed by atoms with van der Waals surface area (Å²) in [5.41, 5.74) is 0. The molecule has 0 aliphatic rings. The zero-order valence-electron chi connectivity index (χ0n) is 2.63. The van der Waals surface area contributed by atoms with E-state index in [-0.39, 0.29) is 42.8 Å². The molecule has 0 spiro atoms. The van der Waals surface area contributed by atoms with Crippen LogP contribution in [0.2, 0.25) is 0 Å². The molecule has 3 N–H and O–H groups in total. The van der Waals surface area contributed by atoms with Gasteiger partial charge in [0.2, 0.25) is 0 Å². The Kier molecular flexibility index (Phi) is 25.1. The predicted molar refractivity (Wildman–Crippen MR) is 28.1 cm³/mol. The van der Waals surface area contributed by atoms with E-state index in [9.17, 15) is 0 Å². The van der Waals surface area contributed by atoms with Crippen LogP contribution >= 0.6 is 0 Å². The molecule has 6 heavy (non-hydrogen) atoms. The molecule has 0 amide bonds. The molecule has 0 aliphatic heterocycles. The molecular formula is H6BLiO3Sn. The average Bonchev–Trinajstić information content (AvgIpc) is 0.811. The Labute approximate surface area is 65.1 Å². The third-order valence-electron chi connectivity index (χ3n) is 0. The SMILES string of the molecule is OB(O)O.[LiH].[SnH2]. The van der Waals surface area contributed by atoms with E-state index >= 15 is 0 Å². The third-order valence-corrected chi connectivity index (χ3v) is 0. The van der Waals surface area contributed by atoms with Gasteiger partial charge in [0.1, 0.15) is 0 Å². The summed E-state index contributed by atoms with van der Waals surface area (Å²) in [4.78, 5) is 0.